The molecular weight excluding hydrogens is 367 g/mol. The predicted octanol–water partition coefficient (Wildman–Crippen LogP) is 4.01. The number of rotatable bonds is 6. The van der Waals surface area contributed by atoms with Crippen molar-refractivity contribution in [3.63, 3.8) is 0 Å². The number of carbonyl (C=O) groups excluding carboxylic acids is 1. The van der Waals surface area contributed by atoms with Gasteiger partial charge in [-0.15, -0.1) is 0 Å². The Morgan fingerprint density at radius 3 is 2.39 bits per heavy atom. The standard InChI is InChI=1S/C21H30F3N3O/c22-21(23,24)18-7-6-8-19(17-18)26-15-13-25(14-16-26)10-4-5-12-27-11-3-1-2-9-20(27)28/h6-8,17H,1-5,9-16H2. The van der Waals surface area contributed by atoms with Gasteiger partial charge in [0.1, 0.15) is 0 Å². The average molecular weight is 397 g/mol. The van der Waals surface area contributed by atoms with E-state index in [2.05, 4.69) is 4.90 Å². The molecule has 3 rings (SSSR count). The van der Waals surface area contributed by atoms with E-state index in [1.54, 1.807) is 6.07 Å². The first-order valence-corrected chi connectivity index (χ1v) is 10.4. The number of hydrogen-bond acceptors (Lipinski definition) is 3. The lowest BCUT2D eigenvalue weighted by molar-refractivity contribution is -0.137. The molecule has 2 fully saturated rings. The minimum Gasteiger partial charge on any atom is -0.369 e. The molecule has 1 amide bonds. The second-order valence-corrected chi connectivity index (χ2v) is 7.78. The maximum absolute atomic E-state index is 12.9. The van der Waals surface area contributed by atoms with E-state index in [4.69, 9.17) is 0 Å². The molecular formula is C21H30F3N3O. The molecule has 156 valence electrons. The molecule has 0 aliphatic carbocycles. The van der Waals surface area contributed by atoms with Crippen LogP contribution in [0.3, 0.4) is 0 Å². The largest absolute Gasteiger partial charge is 0.416 e. The van der Waals surface area contributed by atoms with Gasteiger partial charge in [0, 0.05) is 51.4 Å². The summed E-state index contributed by atoms with van der Waals surface area (Å²) in [6.45, 7) is 5.94. The fraction of sp³-hybridized carbons (Fsp3) is 0.667. The Balaban J connectivity index is 1.38. The lowest BCUT2D eigenvalue weighted by atomic mass is 10.1. The van der Waals surface area contributed by atoms with Crippen LogP contribution in [0.5, 0.6) is 0 Å². The van der Waals surface area contributed by atoms with Crippen molar-refractivity contribution < 1.29 is 18.0 Å². The maximum Gasteiger partial charge on any atom is 0.416 e. The molecule has 0 N–H and O–H groups in total. The van der Waals surface area contributed by atoms with Gasteiger partial charge in [-0.1, -0.05) is 12.5 Å². The van der Waals surface area contributed by atoms with Gasteiger partial charge >= 0.3 is 6.18 Å². The SMILES string of the molecule is O=C1CCCCCN1CCCCN1CCN(c2cccc(C(F)(F)F)c2)CC1. The van der Waals surface area contributed by atoms with Crippen LogP contribution in [0, 0.1) is 0 Å². The molecule has 0 bridgehead atoms. The first kappa shape index (κ1) is 21.0. The Hall–Kier alpha value is -1.76. The molecule has 0 unspecified atom stereocenters. The molecule has 7 heteroatoms. The quantitative estimate of drug-likeness (QED) is 0.679. The molecule has 2 heterocycles. The molecule has 0 aromatic heterocycles. The van der Waals surface area contributed by atoms with Crippen LogP contribution in [0.1, 0.15) is 44.1 Å². The van der Waals surface area contributed by atoms with Crippen molar-refractivity contribution >= 4 is 11.6 Å². The van der Waals surface area contributed by atoms with Gasteiger partial charge in [0.25, 0.3) is 0 Å². The topological polar surface area (TPSA) is 26.8 Å². The van der Waals surface area contributed by atoms with Crippen LogP contribution in [0.25, 0.3) is 0 Å². The summed E-state index contributed by atoms with van der Waals surface area (Å²) >= 11 is 0. The van der Waals surface area contributed by atoms with Gasteiger partial charge in [0.15, 0.2) is 0 Å². The number of nitrogens with zero attached hydrogens (tertiary/aromatic N) is 3. The summed E-state index contributed by atoms with van der Waals surface area (Å²) in [4.78, 5) is 18.4. The third-order valence-electron chi connectivity index (χ3n) is 5.73. The van der Waals surface area contributed by atoms with Gasteiger partial charge in [-0.05, 0) is 50.4 Å². The van der Waals surface area contributed by atoms with Gasteiger partial charge < -0.3 is 9.80 Å². The Kier molecular flexibility index (Phi) is 7.21. The fourth-order valence-corrected chi connectivity index (χ4v) is 4.02. The second kappa shape index (κ2) is 9.63. The van der Waals surface area contributed by atoms with Gasteiger partial charge in [-0.3, -0.25) is 9.69 Å². The van der Waals surface area contributed by atoms with Crippen LogP contribution >= 0.6 is 0 Å². The van der Waals surface area contributed by atoms with Crippen molar-refractivity contribution in [2.45, 2.75) is 44.7 Å². The summed E-state index contributed by atoms with van der Waals surface area (Å²) in [5.41, 5.74) is 0.0599. The number of benzene rings is 1. The van der Waals surface area contributed by atoms with Gasteiger partial charge in [-0.2, -0.15) is 13.2 Å². The van der Waals surface area contributed by atoms with E-state index in [0.29, 0.717) is 18.0 Å². The molecule has 0 radical (unpaired) electrons. The lowest BCUT2D eigenvalue weighted by Crippen LogP contribution is -2.46. The number of anilines is 1. The number of alkyl halides is 3. The number of amides is 1. The number of likely N-dealkylation sites (tertiary alicyclic amines) is 1. The monoisotopic (exact) mass is 397 g/mol. The van der Waals surface area contributed by atoms with Crippen molar-refractivity contribution in [1.82, 2.24) is 9.80 Å². The molecule has 1 aromatic rings. The Morgan fingerprint density at radius 2 is 1.64 bits per heavy atom. The molecule has 0 spiro atoms. The molecule has 2 aliphatic rings. The highest BCUT2D eigenvalue weighted by Crippen LogP contribution is 2.31. The molecule has 4 nitrogen and oxygen atoms in total. The number of carbonyl (C=O) groups is 1. The minimum atomic E-state index is -4.30. The third kappa shape index (κ3) is 5.87. The Morgan fingerprint density at radius 1 is 0.893 bits per heavy atom. The zero-order valence-corrected chi connectivity index (χ0v) is 16.4. The summed E-state index contributed by atoms with van der Waals surface area (Å²) in [5, 5.41) is 0. The molecule has 0 atom stereocenters. The van der Waals surface area contributed by atoms with Crippen molar-refractivity contribution in [2.24, 2.45) is 0 Å². The van der Waals surface area contributed by atoms with E-state index in [1.807, 2.05) is 9.80 Å². The Labute approximate surface area is 165 Å². The molecule has 28 heavy (non-hydrogen) atoms. The van der Waals surface area contributed by atoms with Gasteiger partial charge in [0.05, 0.1) is 5.56 Å². The second-order valence-electron chi connectivity index (χ2n) is 7.78. The summed E-state index contributed by atoms with van der Waals surface area (Å²) < 4.78 is 38.7. The molecule has 1 aromatic carbocycles. The number of unbranched alkanes of at least 4 members (excludes halogenated alkanes) is 1. The number of piperazine rings is 1. The molecule has 0 saturated carbocycles. The van der Waals surface area contributed by atoms with Crippen LogP contribution < -0.4 is 4.90 Å². The van der Waals surface area contributed by atoms with Gasteiger partial charge in [0.2, 0.25) is 5.91 Å². The normalized spacial score (nSPS) is 19.8. The fourth-order valence-electron chi connectivity index (χ4n) is 4.02. The van der Waals surface area contributed by atoms with E-state index in [9.17, 15) is 18.0 Å². The Bertz CT molecular complexity index is 642. The third-order valence-corrected chi connectivity index (χ3v) is 5.73. The van der Waals surface area contributed by atoms with Crippen molar-refractivity contribution in [1.29, 1.82) is 0 Å². The van der Waals surface area contributed by atoms with Crippen LogP contribution in [0.4, 0.5) is 18.9 Å². The molecule has 2 aliphatic heterocycles. The number of halogens is 3. The predicted molar refractivity (Wildman–Crippen MR) is 104 cm³/mol. The highest BCUT2D eigenvalue weighted by Gasteiger charge is 2.31. The van der Waals surface area contributed by atoms with Crippen molar-refractivity contribution in [2.75, 3.05) is 50.7 Å². The van der Waals surface area contributed by atoms with Crippen LogP contribution in [0.2, 0.25) is 0 Å². The van der Waals surface area contributed by atoms with Crippen molar-refractivity contribution in [3.8, 4) is 0 Å². The first-order chi connectivity index (χ1) is 13.4. The summed E-state index contributed by atoms with van der Waals surface area (Å²) in [6, 6.07) is 5.60. The van der Waals surface area contributed by atoms with E-state index in [0.717, 1.165) is 84.0 Å². The van der Waals surface area contributed by atoms with Crippen molar-refractivity contribution in [3.05, 3.63) is 29.8 Å². The maximum atomic E-state index is 12.9. The summed E-state index contributed by atoms with van der Waals surface area (Å²) in [5.74, 6) is 0.298. The molecule has 2 saturated heterocycles. The van der Waals surface area contributed by atoms with E-state index < -0.39 is 11.7 Å². The van der Waals surface area contributed by atoms with E-state index in [1.165, 1.54) is 12.1 Å². The average Bonchev–Trinajstić information content (AvgIpc) is 2.89. The van der Waals surface area contributed by atoms with E-state index >= 15 is 0 Å². The number of hydrogen-bond donors (Lipinski definition) is 0. The zero-order chi connectivity index (χ0) is 20.0. The zero-order valence-electron chi connectivity index (χ0n) is 16.4. The first-order valence-electron chi connectivity index (χ1n) is 10.4. The summed E-state index contributed by atoms with van der Waals surface area (Å²) in [7, 11) is 0. The highest BCUT2D eigenvalue weighted by atomic mass is 19.4. The highest BCUT2D eigenvalue weighted by molar-refractivity contribution is 5.76. The summed E-state index contributed by atoms with van der Waals surface area (Å²) in [6.07, 6.45) is 1.74. The van der Waals surface area contributed by atoms with Gasteiger partial charge in [-0.25, -0.2) is 0 Å². The van der Waals surface area contributed by atoms with E-state index in [-0.39, 0.29) is 0 Å². The lowest BCUT2D eigenvalue weighted by Gasteiger charge is -2.36. The van der Waals surface area contributed by atoms with Crippen LogP contribution in [-0.2, 0) is 11.0 Å². The van der Waals surface area contributed by atoms with Crippen LogP contribution in [-0.4, -0.2) is 61.5 Å². The minimum absolute atomic E-state index is 0.298. The van der Waals surface area contributed by atoms with Crippen LogP contribution in [0.15, 0.2) is 24.3 Å². The smallest absolute Gasteiger partial charge is 0.369 e.